The summed E-state index contributed by atoms with van der Waals surface area (Å²) in [4.78, 5) is 57.7. The number of nitro groups is 1. The van der Waals surface area contributed by atoms with Crippen LogP contribution in [0.25, 0.3) is 0 Å². The zero-order valence-corrected chi connectivity index (χ0v) is 27.3. The van der Waals surface area contributed by atoms with Gasteiger partial charge in [0.2, 0.25) is 5.91 Å². The summed E-state index contributed by atoms with van der Waals surface area (Å²) in [6.07, 6.45) is 0.702. The number of aryl methyl sites for hydroxylation is 1. The fourth-order valence-electron chi connectivity index (χ4n) is 5.93. The molecule has 12 nitrogen and oxygen atoms in total. The molecule has 0 bridgehead atoms. The number of halogens is 3. The van der Waals surface area contributed by atoms with Gasteiger partial charge in [0.25, 0.3) is 11.6 Å². The number of alkyl halides is 3. The second kappa shape index (κ2) is 14.0. The minimum Gasteiger partial charge on any atom is -0.475 e. The lowest BCUT2D eigenvalue weighted by Gasteiger charge is -2.54. The number of hydrogen-bond donors (Lipinski definition) is 1. The first-order valence-corrected chi connectivity index (χ1v) is 15.4. The third-order valence-corrected chi connectivity index (χ3v) is 8.34. The van der Waals surface area contributed by atoms with E-state index in [2.05, 4.69) is 54.9 Å². The number of fused-ring (bicyclic) bond motifs is 2. The minimum absolute atomic E-state index is 0.0326. The predicted octanol–water partition coefficient (Wildman–Crippen LogP) is 5.47. The zero-order valence-electron chi connectivity index (χ0n) is 27.3. The van der Waals surface area contributed by atoms with Gasteiger partial charge in [-0.25, -0.2) is 9.78 Å². The molecule has 2 atom stereocenters. The molecule has 1 aromatic heterocycles. The van der Waals surface area contributed by atoms with Gasteiger partial charge in [-0.2, -0.15) is 13.2 Å². The molecule has 1 fully saturated rings. The smallest absolute Gasteiger partial charge is 0.475 e. The van der Waals surface area contributed by atoms with Gasteiger partial charge < -0.3 is 24.4 Å². The van der Waals surface area contributed by atoms with E-state index in [1.54, 1.807) is 23.5 Å². The largest absolute Gasteiger partial charge is 0.490 e. The summed E-state index contributed by atoms with van der Waals surface area (Å²) in [6, 6.07) is 12.2. The van der Waals surface area contributed by atoms with Crippen LogP contribution in [0.3, 0.4) is 0 Å². The van der Waals surface area contributed by atoms with E-state index in [0.717, 1.165) is 18.5 Å². The number of carbonyl (C=O) groups excluding carboxylic acids is 2. The highest BCUT2D eigenvalue weighted by atomic mass is 19.4. The van der Waals surface area contributed by atoms with Crippen molar-refractivity contribution in [1.29, 1.82) is 0 Å². The number of anilines is 1. The number of piperazine rings is 1. The Balaban J connectivity index is 0.000000671. The maximum atomic E-state index is 14.0. The number of rotatable bonds is 8. The molecule has 3 heterocycles. The number of benzene rings is 2. The van der Waals surface area contributed by atoms with Crippen molar-refractivity contribution in [3.05, 3.63) is 88.0 Å². The number of nitrogens with zero attached hydrogens (tertiary/aromatic N) is 6. The van der Waals surface area contributed by atoms with Crippen LogP contribution >= 0.6 is 0 Å². The monoisotopic (exact) mass is 672 g/mol. The van der Waals surface area contributed by atoms with Crippen molar-refractivity contribution >= 4 is 29.2 Å². The van der Waals surface area contributed by atoms with E-state index in [-0.39, 0.29) is 34.4 Å². The minimum atomic E-state index is -5.08. The van der Waals surface area contributed by atoms with E-state index in [0.29, 0.717) is 25.3 Å². The van der Waals surface area contributed by atoms with E-state index < -0.39 is 29.3 Å². The third-order valence-electron chi connectivity index (χ3n) is 8.34. The fraction of sp³-hybridized carbons (Fsp3) is 0.455. The van der Waals surface area contributed by atoms with Crippen LogP contribution in [0.5, 0.6) is 0 Å². The molecule has 2 unspecified atom stereocenters. The summed E-state index contributed by atoms with van der Waals surface area (Å²) in [5, 5.41) is 18.7. The third kappa shape index (κ3) is 7.94. The highest BCUT2D eigenvalue weighted by molar-refractivity contribution is 6.05. The van der Waals surface area contributed by atoms with Crippen LogP contribution in [0, 0.1) is 16.0 Å². The maximum absolute atomic E-state index is 14.0. The lowest BCUT2D eigenvalue weighted by atomic mass is 9.86. The van der Waals surface area contributed by atoms with Gasteiger partial charge in [-0.1, -0.05) is 58.9 Å². The Morgan fingerprint density at radius 3 is 2.25 bits per heavy atom. The number of non-ortho nitro benzene ring substituents is 1. The average Bonchev–Trinajstić information content (AvgIpc) is 3.52. The second-order valence-electron chi connectivity index (χ2n) is 13.2. The first-order chi connectivity index (χ1) is 22.4. The van der Waals surface area contributed by atoms with Gasteiger partial charge >= 0.3 is 12.1 Å². The van der Waals surface area contributed by atoms with Gasteiger partial charge in [0.1, 0.15) is 12.2 Å². The van der Waals surface area contributed by atoms with E-state index >= 15 is 0 Å². The maximum Gasteiger partial charge on any atom is 0.490 e. The van der Waals surface area contributed by atoms with Gasteiger partial charge in [-0.05, 0) is 34.9 Å². The summed E-state index contributed by atoms with van der Waals surface area (Å²) in [6.45, 7) is 12.5. The molecular weight excluding hydrogens is 633 g/mol. The second-order valence-corrected chi connectivity index (χ2v) is 13.2. The summed E-state index contributed by atoms with van der Waals surface area (Å²) >= 11 is 0. The van der Waals surface area contributed by atoms with Crippen molar-refractivity contribution in [3.8, 4) is 0 Å². The SMILES string of the molecule is CC(C)C1C(=O)N(Cc2ccc(C(C)(C)C)cc2)CC2N(CCCn3ccnc3)c3ccc([N+](=O)[O-])cc3C(=O)N12.O=C(O)C(F)(F)F. The van der Waals surface area contributed by atoms with Crippen molar-refractivity contribution in [3.63, 3.8) is 0 Å². The number of amides is 2. The molecule has 0 spiro atoms. The highest BCUT2D eigenvalue weighted by Crippen LogP contribution is 2.39. The first kappa shape index (κ1) is 35.9. The average molecular weight is 673 g/mol. The van der Waals surface area contributed by atoms with Crippen LogP contribution < -0.4 is 4.90 Å². The van der Waals surface area contributed by atoms with Crippen LogP contribution in [0.4, 0.5) is 24.5 Å². The lowest BCUT2D eigenvalue weighted by molar-refractivity contribution is -0.384. The summed E-state index contributed by atoms with van der Waals surface area (Å²) in [5.74, 6) is -3.34. The Hall–Kier alpha value is -4.95. The summed E-state index contributed by atoms with van der Waals surface area (Å²) in [7, 11) is 0. The fourth-order valence-corrected chi connectivity index (χ4v) is 5.93. The molecule has 0 radical (unpaired) electrons. The van der Waals surface area contributed by atoms with E-state index in [4.69, 9.17) is 9.90 Å². The highest BCUT2D eigenvalue weighted by Gasteiger charge is 2.50. The van der Waals surface area contributed by atoms with Gasteiger partial charge in [0.15, 0.2) is 0 Å². The van der Waals surface area contributed by atoms with Gasteiger partial charge in [0, 0.05) is 44.2 Å². The van der Waals surface area contributed by atoms with Crippen molar-refractivity contribution in [1.82, 2.24) is 19.4 Å². The number of nitro benzene ring substituents is 1. The van der Waals surface area contributed by atoms with Gasteiger partial charge in [-0.3, -0.25) is 19.7 Å². The molecule has 2 aromatic carbocycles. The molecule has 0 saturated carbocycles. The molecule has 258 valence electrons. The molecule has 3 aromatic rings. The molecule has 2 aliphatic rings. The number of carboxylic acids is 1. The molecule has 1 saturated heterocycles. The van der Waals surface area contributed by atoms with Gasteiger partial charge in [0.05, 0.1) is 29.0 Å². The van der Waals surface area contributed by atoms with Crippen molar-refractivity contribution in [2.45, 2.75) is 77.9 Å². The Kier molecular flexibility index (Phi) is 10.5. The Morgan fingerprint density at radius 2 is 1.73 bits per heavy atom. The van der Waals surface area contributed by atoms with Crippen LogP contribution in [0.15, 0.2) is 61.2 Å². The summed E-state index contributed by atoms with van der Waals surface area (Å²) < 4.78 is 33.7. The number of hydrogen-bond acceptors (Lipinski definition) is 7. The molecule has 0 aliphatic carbocycles. The molecule has 2 amide bonds. The number of aromatic nitrogens is 2. The van der Waals surface area contributed by atoms with Crippen molar-refractivity contribution < 1.29 is 37.6 Å². The number of imidazole rings is 1. The molecule has 1 N–H and O–H groups in total. The van der Waals surface area contributed by atoms with Crippen LogP contribution in [0.2, 0.25) is 0 Å². The standard InChI is InChI=1S/C31H38N6O4.C2HF3O2/c1-21(2)28-30(39)34(18-22-7-9-23(10-8-22)31(3,4)5)19-27-35(15-6-14-33-16-13-32-20-33)26-12-11-24(37(40)41)17-25(26)29(38)36(27)28;3-2(4,5)1(6)7/h7-13,16-17,20-21,27-28H,6,14-15,18-19H2,1-5H3;(H,6,7). The van der Waals surface area contributed by atoms with Gasteiger partial charge in [-0.15, -0.1) is 0 Å². The quantitative estimate of drug-likeness (QED) is 0.245. The van der Waals surface area contributed by atoms with Crippen LogP contribution in [-0.2, 0) is 28.1 Å². The summed E-state index contributed by atoms with van der Waals surface area (Å²) in [5.41, 5.74) is 3.09. The molecule has 2 aliphatic heterocycles. The number of aliphatic carboxylic acids is 1. The van der Waals surface area contributed by atoms with E-state index in [9.17, 15) is 32.9 Å². The van der Waals surface area contributed by atoms with Crippen LogP contribution in [0.1, 0.15) is 62.5 Å². The number of carboxylic acid groups (broad SMARTS) is 1. The first-order valence-electron chi connectivity index (χ1n) is 15.4. The van der Waals surface area contributed by atoms with Crippen molar-refractivity contribution in [2.24, 2.45) is 5.92 Å². The van der Waals surface area contributed by atoms with E-state index in [1.807, 2.05) is 29.5 Å². The van der Waals surface area contributed by atoms with E-state index in [1.165, 1.54) is 17.7 Å². The van der Waals surface area contributed by atoms with Crippen molar-refractivity contribution in [2.75, 3.05) is 18.0 Å². The zero-order chi connectivity index (χ0) is 35.6. The molecule has 48 heavy (non-hydrogen) atoms. The molecular formula is C33H39F3N6O6. The topological polar surface area (TPSA) is 142 Å². The Labute approximate surface area is 275 Å². The van der Waals surface area contributed by atoms with Crippen LogP contribution in [-0.4, -0.2) is 78.6 Å². The normalized spacial score (nSPS) is 17.9. The lowest BCUT2D eigenvalue weighted by Crippen LogP contribution is -2.71. The Bertz CT molecular complexity index is 1640. The molecule has 5 rings (SSSR count). The molecule has 15 heteroatoms. The number of carbonyl (C=O) groups is 3. The predicted molar refractivity (Wildman–Crippen MR) is 170 cm³/mol. The Morgan fingerprint density at radius 1 is 1.08 bits per heavy atom.